The minimum atomic E-state index is -0.615. The molecule has 2 aromatic heterocycles. The van der Waals surface area contributed by atoms with Gasteiger partial charge in [0.1, 0.15) is 11.9 Å². The first-order chi connectivity index (χ1) is 13.2. The van der Waals surface area contributed by atoms with Gasteiger partial charge in [0.05, 0.1) is 31.2 Å². The Morgan fingerprint density at radius 2 is 2.11 bits per heavy atom. The number of cyclic esters (lactones) is 1. The van der Waals surface area contributed by atoms with E-state index in [1.807, 2.05) is 36.5 Å². The van der Waals surface area contributed by atoms with Crippen LogP contribution in [0.15, 0.2) is 55.0 Å². The molecule has 1 aromatic carbocycles. The van der Waals surface area contributed by atoms with Crippen LogP contribution in [0.2, 0.25) is 0 Å². The van der Waals surface area contributed by atoms with Crippen molar-refractivity contribution >= 4 is 17.8 Å². The highest BCUT2D eigenvalue weighted by Crippen LogP contribution is 2.13. The number of ether oxygens (including phenoxy) is 1. The fourth-order valence-electron chi connectivity index (χ4n) is 2.84. The molecule has 0 bridgehead atoms. The van der Waals surface area contributed by atoms with Gasteiger partial charge in [0.15, 0.2) is 0 Å². The number of aromatic nitrogens is 4. The molecule has 1 atom stereocenters. The van der Waals surface area contributed by atoms with Gasteiger partial charge in [-0.1, -0.05) is 18.2 Å². The monoisotopic (exact) mass is 366 g/mol. The van der Waals surface area contributed by atoms with Crippen molar-refractivity contribution in [3.05, 3.63) is 60.6 Å². The van der Waals surface area contributed by atoms with Crippen LogP contribution >= 0.6 is 0 Å². The van der Waals surface area contributed by atoms with Gasteiger partial charge in [-0.05, 0) is 12.1 Å². The van der Waals surface area contributed by atoms with E-state index in [9.17, 15) is 9.59 Å². The molecular formula is C18H18N6O3. The number of carbonyl (C=O) groups excluding carboxylic acids is 2. The van der Waals surface area contributed by atoms with E-state index in [2.05, 4.69) is 20.8 Å². The largest absolute Gasteiger partial charge is 0.449 e. The Balaban J connectivity index is 1.44. The minimum Gasteiger partial charge on any atom is -0.449 e. The lowest BCUT2D eigenvalue weighted by Crippen LogP contribution is -2.48. The Morgan fingerprint density at radius 3 is 2.93 bits per heavy atom. The molecule has 1 unspecified atom stereocenters. The Hall–Kier alpha value is -3.62. The van der Waals surface area contributed by atoms with Gasteiger partial charge in [0.2, 0.25) is 5.91 Å². The molecule has 3 heterocycles. The van der Waals surface area contributed by atoms with E-state index in [-0.39, 0.29) is 12.5 Å². The Morgan fingerprint density at radius 1 is 1.26 bits per heavy atom. The molecular weight excluding hydrogens is 348 g/mol. The number of hydrogen-bond acceptors (Lipinski definition) is 5. The molecule has 9 nitrogen and oxygen atoms in total. The molecule has 0 aliphatic carbocycles. The lowest BCUT2D eigenvalue weighted by atomic mass is 10.2. The van der Waals surface area contributed by atoms with E-state index in [0.29, 0.717) is 18.8 Å². The number of para-hydroxylation sites is 1. The third-order valence-corrected chi connectivity index (χ3v) is 4.21. The number of hydrogen-bond donors (Lipinski definition) is 2. The fraction of sp³-hybridized carbons (Fsp3) is 0.222. The first-order valence-electron chi connectivity index (χ1n) is 8.54. The van der Waals surface area contributed by atoms with E-state index in [4.69, 9.17) is 4.74 Å². The van der Waals surface area contributed by atoms with Crippen molar-refractivity contribution in [3.63, 3.8) is 0 Å². The van der Waals surface area contributed by atoms with E-state index in [1.165, 1.54) is 0 Å². The molecule has 3 aromatic rings. The van der Waals surface area contributed by atoms with Crippen molar-refractivity contribution in [2.45, 2.75) is 19.0 Å². The fourth-order valence-corrected chi connectivity index (χ4v) is 2.84. The summed E-state index contributed by atoms with van der Waals surface area (Å²) in [6, 6.07) is 10.9. The lowest BCUT2D eigenvalue weighted by molar-refractivity contribution is -0.119. The SMILES string of the molecule is O=C1NC(C(=O)Nc2ccnn2Cc2cnn(-c3ccccc3)c2)CCO1. The minimum absolute atomic E-state index is 0.224. The molecule has 4 rings (SSSR count). The molecule has 138 valence electrons. The number of nitrogens with zero attached hydrogens (tertiary/aromatic N) is 4. The molecule has 2 N–H and O–H groups in total. The zero-order valence-corrected chi connectivity index (χ0v) is 14.4. The maximum atomic E-state index is 12.4. The first-order valence-corrected chi connectivity index (χ1v) is 8.54. The van der Waals surface area contributed by atoms with Gasteiger partial charge < -0.3 is 15.4 Å². The number of nitrogens with one attached hydrogen (secondary N) is 2. The number of rotatable bonds is 5. The van der Waals surface area contributed by atoms with Crippen molar-refractivity contribution in [2.75, 3.05) is 11.9 Å². The summed E-state index contributed by atoms with van der Waals surface area (Å²) in [7, 11) is 0. The normalized spacial score (nSPS) is 16.4. The van der Waals surface area contributed by atoms with Crippen LogP contribution < -0.4 is 10.6 Å². The summed E-state index contributed by atoms with van der Waals surface area (Å²) >= 11 is 0. The number of benzene rings is 1. The van der Waals surface area contributed by atoms with Crippen molar-refractivity contribution < 1.29 is 14.3 Å². The van der Waals surface area contributed by atoms with Crippen LogP contribution in [0, 0.1) is 0 Å². The zero-order chi connectivity index (χ0) is 18.6. The molecule has 0 spiro atoms. The lowest BCUT2D eigenvalue weighted by Gasteiger charge is -2.22. The van der Waals surface area contributed by atoms with Crippen molar-refractivity contribution in [1.82, 2.24) is 24.9 Å². The molecule has 1 aliphatic rings. The maximum absolute atomic E-state index is 12.4. The summed E-state index contributed by atoms with van der Waals surface area (Å²) in [5.41, 5.74) is 1.91. The van der Waals surface area contributed by atoms with Gasteiger partial charge in [-0.15, -0.1) is 0 Å². The Labute approximate surface area is 154 Å². The van der Waals surface area contributed by atoms with E-state index in [0.717, 1.165) is 11.3 Å². The predicted octanol–water partition coefficient (Wildman–Crippen LogP) is 1.55. The van der Waals surface area contributed by atoms with E-state index in [1.54, 1.807) is 27.8 Å². The molecule has 1 saturated heterocycles. The van der Waals surface area contributed by atoms with Crippen LogP contribution in [-0.4, -0.2) is 44.2 Å². The van der Waals surface area contributed by atoms with Gasteiger partial charge in [-0.2, -0.15) is 10.2 Å². The van der Waals surface area contributed by atoms with Crippen LogP contribution in [-0.2, 0) is 16.1 Å². The van der Waals surface area contributed by atoms with Gasteiger partial charge >= 0.3 is 6.09 Å². The Kier molecular flexibility index (Phi) is 4.56. The summed E-state index contributed by atoms with van der Waals surface area (Å²) in [6.07, 6.45) is 5.14. The summed E-state index contributed by atoms with van der Waals surface area (Å²) in [4.78, 5) is 23.6. The summed E-state index contributed by atoms with van der Waals surface area (Å²) < 4.78 is 8.24. The average Bonchev–Trinajstić information content (AvgIpc) is 3.33. The molecule has 0 saturated carbocycles. The van der Waals surface area contributed by atoms with Crippen molar-refractivity contribution in [2.24, 2.45) is 0 Å². The summed E-state index contributed by atoms with van der Waals surface area (Å²) in [5.74, 6) is 0.251. The topological polar surface area (TPSA) is 103 Å². The molecule has 0 radical (unpaired) electrons. The number of alkyl carbamates (subject to hydrolysis) is 1. The van der Waals surface area contributed by atoms with Crippen molar-refractivity contribution in [1.29, 1.82) is 0 Å². The molecule has 1 aliphatic heterocycles. The van der Waals surface area contributed by atoms with Gasteiger partial charge in [-0.25, -0.2) is 14.2 Å². The van der Waals surface area contributed by atoms with E-state index < -0.39 is 12.1 Å². The highest BCUT2D eigenvalue weighted by molar-refractivity contribution is 5.96. The van der Waals surface area contributed by atoms with Crippen LogP contribution in [0.5, 0.6) is 0 Å². The Bertz CT molecular complexity index is 949. The van der Waals surface area contributed by atoms with Crippen LogP contribution in [0.3, 0.4) is 0 Å². The molecule has 27 heavy (non-hydrogen) atoms. The van der Waals surface area contributed by atoms with Crippen LogP contribution in [0.1, 0.15) is 12.0 Å². The molecule has 1 fully saturated rings. The quantitative estimate of drug-likeness (QED) is 0.713. The number of amides is 2. The molecule has 2 amide bonds. The third kappa shape index (κ3) is 3.81. The average molecular weight is 366 g/mol. The van der Waals surface area contributed by atoms with Gasteiger partial charge in [0, 0.05) is 24.2 Å². The standard InChI is InChI=1S/C18H18N6O3/c25-17(15-7-9-27-18(26)21-15)22-16-6-8-19-24(16)12-13-10-20-23(11-13)14-4-2-1-3-5-14/h1-6,8,10-11,15H,7,9,12H2,(H,21,26)(H,22,25). The number of anilines is 1. The second kappa shape index (κ2) is 7.32. The second-order valence-electron chi connectivity index (χ2n) is 6.11. The summed E-state index contributed by atoms with van der Waals surface area (Å²) in [5, 5.41) is 13.9. The first kappa shape index (κ1) is 16.8. The van der Waals surface area contributed by atoms with E-state index >= 15 is 0 Å². The number of carbonyl (C=O) groups is 2. The molecule has 9 heteroatoms. The maximum Gasteiger partial charge on any atom is 0.407 e. The van der Waals surface area contributed by atoms with Crippen LogP contribution in [0.4, 0.5) is 10.6 Å². The zero-order valence-electron chi connectivity index (χ0n) is 14.4. The highest BCUT2D eigenvalue weighted by atomic mass is 16.6. The van der Waals surface area contributed by atoms with Crippen LogP contribution in [0.25, 0.3) is 5.69 Å². The second-order valence-corrected chi connectivity index (χ2v) is 6.11. The smallest absolute Gasteiger partial charge is 0.407 e. The summed E-state index contributed by atoms with van der Waals surface area (Å²) in [6.45, 7) is 0.678. The predicted molar refractivity (Wildman–Crippen MR) is 96.4 cm³/mol. The van der Waals surface area contributed by atoms with Crippen molar-refractivity contribution in [3.8, 4) is 5.69 Å². The highest BCUT2D eigenvalue weighted by Gasteiger charge is 2.26. The van der Waals surface area contributed by atoms with Gasteiger partial charge in [0.25, 0.3) is 0 Å². The third-order valence-electron chi connectivity index (χ3n) is 4.21. The van der Waals surface area contributed by atoms with Gasteiger partial charge in [-0.3, -0.25) is 4.79 Å².